The Labute approximate surface area is 164 Å². The first-order valence-corrected chi connectivity index (χ1v) is 9.91. The van der Waals surface area contributed by atoms with Crippen molar-refractivity contribution >= 4 is 21.6 Å². The average molecular weight is 430 g/mol. The number of aromatic nitrogens is 2. The molecule has 148 valence electrons. The third kappa shape index (κ3) is 4.92. The van der Waals surface area contributed by atoms with Crippen LogP contribution in [0, 0.1) is 0 Å². The molecule has 0 saturated carbocycles. The lowest BCUT2D eigenvalue weighted by molar-refractivity contribution is -0.137. The van der Waals surface area contributed by atoms with Gasteiger partial charge < -0.3 is 4.57 Å². The lowest BCUT2D eigenvalue weighted by Gasteiger charge is -2.12. The van der Waals surface area contributed by atoms with Crippen molar-refractivity contribution < 1.29 is 21.6 Å². The highest BCUT2D eigenvalue weighted by Gasteiger charge is 2.32. The molecular formula is C18H15ClF3N3O2S. The van der Waals surface area contributed by atoms with Crippen molar-refractivity contribution in [1.82, 2.24) is 14.3 Å². The summed E-state index contributed by atoms with van der Waals surface area (Å²) in [6, 6.07) is 9.33. The summed E-state index contributed by atoms with van der Waals surface area (Å²) in [5, 5.41) is -0.281. The zero-order valence-electron chi connectivity index (χ0n) is 14.3. The van der Waals surface area contributed by atoms with Crippen LogP contribution in [0.3, 0.4) is 0 Å². The van der Waals surface area contributed by atoms with Gasteiger partial charge in [0.1, 0.15) is 4.90 Å². The summed E-state index contributed by atoms with van der Waals surface area (Å²) in [6.07, 6.45) is 0.504. The Kier molecular flexibility index (Phi) is 5.78. The molecule has 1 heterocycles. The summed E-state index contributed by atoms with van der Waals surface area (Å²) in [5.41, 5.74) is 0.563. The van der Waals surface area contributed by atoms with Gasteiger partial charge >= 0.3 is 6.18 Å². The third-order valence-electron chi connectivity index (χ3n) is 3.96. The van der Waals surface area contributed by atoms with Crippen LogP contribution in [0.25, 0.3) is 0 Å². The van der Waals surface area contributed by atoms with Crippen LogP contribution < -0.4 is 4.72 Å². The molecule has 0 aliphatic rings. The van der Waals surface area contributed by atoms with E-state index >= 15 is 0 Å². The number of alkyl halides is 3. The second-order valence-electron chi connectivity index (χ2n) is 6.02. The highest BCUT2D eigenvalue weighted by atomic mass is 35.5. The lowest BCUT2D eigenvalue weighted by Crippen LogP contribution is -2.24. The van der Waals surface area contributed by atoms with Crippen LogP contribution in [-0.4, -0.2) is 18.0 Å². The molecular weight excluding hydrogens is 415 g/mol. The number of halogens is 4. The van der Waals surface area contributed by atoms with Crippen LogP contribution >= 0.6 is 11.6 Å². The Morgan fingerprint density at radius 1 is 1.07 bits per heavy atom. The standard InChI is InChI=1S/C18H15ClF3N3O2S/c19-16-6-5-15(18(20,21)22)9-17(16)28(26,27)24-10-13-1-3-14(4-2-13)11-25-8-7-23-12-25/h1-9,12,24H,10-11H2. The Balaban J connectivity index is 1.71. The van der Waals surface area contributed by atoms with E-state index in [0.29, 0.717) is 18.2 Å². The molecule has 10 heteroatoms. The molecule has 5 nitrogen and oxygen atoms in total. The van der Waals surface area contributed by atoms with Crippen molar-refractivity contribution in [3.63, 3.8) is 0 Å². The normalized spacial score (nSPS) is 12.3. The number of hydrogen-bond donors (Lipinski definition) is 1. The summed E-state index contributed by atoms with van der Waals surface area (Å²) in [4.78, 5) is 3.34. The van der Waals surface area contributed by atoms with Gasteiger partial charge in [-0.3, -0.25) is 0 Å². The molecule has 2 aromatic carbocycles. The van der Waals surface area contributed by atoms with Gasteiger partial charge in [-0.05, 0) is 29.3 Å². The Bertz CT molecular complexity index is 1050. The molecule has 0 amide bonds. The minimum absolute atomic E-state index is 0.0831. The zero-order chi connectivity index (χ0) is 20.4. The van der Waals surface area contributed by atoms with E-state index in [1.165, 1.54) is 0 Å². The topological polar surface area (TPSA) is 64.0 Å². The second kappa shape index (κ2) is 7.94. The van der Waals surface area contributed by atoms with Crippen LogP contribution in [0.2, 0.25) is 5.02 Å². The van der Waals surface area contributed by atoms with E-state index in [2.05, 4.69) is 9.71 Å². The van der Waals surface area contributed by atoms with Gasteiger partial charge in [0.25, 0.3) is 0 Å². The van der Waals surface area contributed by atoms with Gasteiger partial charge in [-0.1, -0.05) is 35.9 Å². The Morgan fingerprint density at radius 2 is 1.75 bits per heavy atom. The maximum absolute atomic E-state index is 12.8. The first-order chi connectivity index (χ1) is 13.1. The number of benzene rings is 2. The van der Waals surface area contributed by atoms with Crippen LogP contribution in [0.4, 0.5) is 13.2 Å². The number of rotatable bonds is 6. The van der Waals surface area contributed by atoms with E-state index < -0.39 is 26.7 Å². The third-order valence-corrected chi connectivity index (χ3v) is 5.84. The fraction of sp³-hybridized carbons (Fsp3) is 0.167. The van der Waals surface area contributed by atoms with E-state index in [0.717, 1.165) is 17.7 Å². The molecule has 0 spiro atoms. The number of imidazole rings is 1. The molecule has 3 aromatic rings. The van der Waals surface area contributed by atoms with Gasteiger partial charge in [0, 0.05) is 25.5 Å². The van der Waals surface area contributed by atoms with Crippen molar-refractivity contribution in [2.75, 3.05) is 0 Å². The minimum atomic E-state index is -4.67. The fourth-order valence-electron chi connectivity index (χ4n) is 2.50. The summed E-state index contributed by atoms with van der Waals surface area (Å²) in [7, 11) is -4.22. The molecule has 3 rings (SSSR count). The van der Waals surface area contributed by atoms with Gasteiger partial charge in [0.05, 0.1) is 16.9 Å². The first kappa shape index (κ1) is 20.4. The van der Waals surface area contributed by atoms with E-state index in [-0.39, 0.29) is 11.6 Å². The maximum atomic E-state index is 12.8. The molecule has 0 radical (unpaired) electrons. The summed E-state index contributed by atoms with van der Waals surface area (Å²) < 4.78 is 67.5. The van der Waals surface area contributed by atoms with Gasteiger partial charge in [0.15, 0.2) is 0 Å². The quantitative estimate of drug-likeness (QED) is 0.642. The maximum Gasteiger partial charge on any atom is 0.416 e. The van der Waals surface area contributed by atoms with Crippen molar-refractivity contribution in [1.29, 1.82) is 0 Å². The SMILES string of the molecule is O=S(=O)(NCc1ccc(Cn2ccnc2)cc1)c1cc(C(F)(F)F)ccc1Cl. The Morgan fingerprint density at radius 3 is 2.36 bits per heavy atom. The second-order valence-corrected chi connectivity index (χ2v) is 8.16. The van der Waals surface area contributed by atoms with Crippen LogP contribution in [0.5, 0.6) is 0 Å². The number of nitrogens with one attached hydrogen (secondary N) is 1. The summed E-state index contributed by atoms with van der Waals surface area (Å²) >= 11 is 5.81. The van der Waals surface area contributed by atoms with Crippen molar-refractivity contribution in [2.24, 2.45) is 0 Å². The summed E-state index contributed by atoms with van der Waals surface area (Å²) in [5.74, 6) is 0. The number of nitrogens with zero attached hydrogens (tertiary/aromatic N) is 2. The predicted octanol–water partition coefficient (Wildman–Crippen LogP) is 4.08. The highest BCUT2D eigenvalue weighted by molar-refractivity contribution is 7.89. The van der Waals surface area contributed by atoms with Crippen molar-refractivity contribution in [3.8, 4) is 0 Å². The molecule has 0 fully saturated rings. The van der Waals surface area contributed by atoms with E-state index in [1.807, 2.05) is 22.9 Å². The molecule has 1 aromatic heterocycles. The largest absolute Gasteiger partial charge is 0.416 e. The molecule has 0 aliphatic heterocycles. The number of sulfonamides is 1. The monoisotopic (exact) mass is 429 g/mol. The average Bonchev–Trinajstić information content (AvgIpc) is 3.13. The van der Waals surface area contributed by atoms with Gasteiger partial charge in [-0.2, -0.15) is 13.2 Å². The number of hydrogen-bond acceptors (Lipinski definition) is 3. The van der Waals surface area contributed by atoms with Gasteiger partial charge in [0.2, 0.25) is 10.0 Å². The zero-order valence-corrected chi connectivity index (χ0v) is 15.9. The van der Waals surface area contributed by atoms with Crippen LogP contribution in [-0.2, 0) is 29.3 Å². The lowest BCUT2D eigenvalue weighted by atomic mass is 10.1. The predicted molar refractivity (Wildman–Crippen MR) is 98.3 cm³/mol. The molecule has 0 bridgehead atoms. The summed E-state index contributed by atoms with van der Waals surface area (Å²) in [6.45, 7) is 0.534. The van der Waals surface area contributed by atoms with E-state index in [4.69, 9.17) is 11.6 Å². The molecule has 1 N–H and O–H groups in total. The van der Waals surface area contributed by atoms with E-state index in [9.17, 15) is 21.6 Å². The van der Waals surface area contributed by atoms with Gasteiger partial charge in [-0.15, -0.1) is 0 Å². The van der Waals surface area contributed by atoms with Crippen LogP contribution in [0.1, 0.15) is 16.7 Å². The minimum Gasteiger partial charge on any atom is -0.333 e. The first-order valence-electron chi connectivity index (χ1n) is 8.05. The van der Waals surface area contributed by atoms with Crippen molar-refractivity contribution in [3.05, 3.63) is 82.9 Å². The fourth-order valence-corrected chi connectivity index (χ4v) is 4.04. The van der Waals surface area contributed by atoms with Gasteiger partial charge in [-0.25, -0.2) is 18.1 Å². The molecule has 0 atom stereocenters. The molecule has 0 unspecified atom stereocenters. The smallest absolute Gasteiger partial charge is 0.333 e. The van der Waals surface area contributed by atoms with Crippen LogP contribution in [0.15, 0.2) is 66.1 Å². The molecule has 28 heavy (non-hydrogen) atoms. The van der Waals surface area contributed by atoms with E-state index in [1.54, 1.807) is 24.7 Å². The highest BCUT2D eigenvalue weighted by Crippen LogP contribution is 2.33. The molecule has 0 aliphatic carbocycles. The molecule has 0 saturated heterocycles. The van der Waals surface area contributed by atoms with Crippen molar-refractivity contribution in [2.45, 2.75) is 24.2 Å². The Hall–Kier alpha value is -2.36.